The van der Waals surface area contributed by atoms with E-state index in [2.05, 4.69) is 145 Å². The van der Waals surface area contributed by atoms with Gasteiger partial charge in [-0.15, -0.1) is 0 Å². The number of rotatable bonds is 5. The molecule has 0 saturated heterocycles. The topological polar surface area (TPSA) is 41.1 Å². The molecule has 0 spiro atoms. The van der Waals surface area contributed by atoms with E-state index in [4.69, 9.17) is 0 Å². The first-order valence-electron chi connectivity index (χ1n) is 15.5. The second-order valence-electron chi connectivity index (χ2n) is 12.1. The maximum atomic E-state index is 9.81. The van der Waals surface area contributed by atoms with Crippen molar-refractivity contribution in [3.8, 4) is 11.8 Å². The van der Waals surface area contributed by atoms with Crippen molar-refractivity contribution < 1.29 is 0 Å². The minimum absolute atomic E-state index is 0.660. The summed E-state index contributed by atoms with van der Waals surface area (Å²) in [4.78, 5) is 4.52. The highest BCUT2D eigenvalue weighted by Crippen LogP contribution is 2.42. The van der Waals surface area contributed by atoms with Gasteiger partial charge in [-0.25, -0.2) is 0 Å². The fourth-order valence-electron chi connectivity index (χ4n) is 7.40. The Morgan fingerprint density at radius 1 is 0.652 bits per heavy atom. The first-order valence-corrected chi connectivity index (χ1v) is 15.5. The molecule has 0 bridgehead atoms. The van der Waals surface area contributed by atoms with Crippen LogP contribution in [0.15, 0.2) is 138 Å². The number of nitriles is 1. The molecule has 0 aliphatic rings. The van der Waals surface area contributed by atoms with E-state index in [9.17, 15) is 5.26 Å². The van der Waals surface area contributed by atoms with Crippen molar-refractivity contribution in [2.45, 2.75) is 6.92 Å². The van der Waals surface area contributed by atoms with Gasteiger partial charge in [0.25, 0.3) is 0 Å². The van der Waals surface area contributed by atoms with Gasteiger partial charge < -0.3 is 4.57 Å². The Morgan fingerprint density at radius 3 is 2.04 bits per heavy atom. The first-order chi connectivity index (χ1) is 22.6. The van der Waals surface area contributed by atoms with Crippen LogP contribution in [0.4, 0.5) is 0 Å². The Labute approximate surface area is 265 Å². The number of hydrogen-bond donors (Lipinski definition) is 0. The number of benzene rings is 8. The second-order valence-corrected chi connectivity index (χ2v) is 12.1. The monoisotopic (exact) mass is 585 g/mol. The predicted octanol–water partition coefficient (Wildman–Crippen LogP) is 11.3. The van der Waals surface area contributed by atoms with E-state index in [1.54, 1.807) is 0 Å². The van der Waals surface area contributed by atoms with Crippen LogP contribution in [-0.2, 0) is 0 Å². The highest BCUT2D eigenvalue weighted by atomic mass is 15.0. The van der Waals surface area contributed by atoms with Crippen LogP contribution < -0.4 is 0 Å². The van der Waals surface area contributed by atoms with Crippen LogP contribution in [0.2, 0.25) is 0 Å². The SMILES string of the molecule is C=N/C(=C\C=C(/C)c1cc2ccc3cc(C#N)cc4c3c2c(c1)n4-c1ccccc1)c1ccc2ccc3cccc4ccc1c2c34. The minimum Gasteiger partial charge on any atom is -0.309 e. The standard InChI is InChI=1S/C43H27N3/c1-26(11-20-37(45-2)35-18-16-30-13-12-28-7-6-8-29-17-19-36(35)41(30)40(28)29)33-23-32-15-14-31-21-27(25-44)22-38-42(31)43(32)39(24-33)46(38)34-9-4-3-5-10-34/h3-24H,2H2,1H3/b26-11+,37-20-. The summed E-state index contributed by atoms with van der Waals surface area (Å²) in [6, 6.07) is 45.3. The lowest BCUT2D eigenvalue weighted by Gasteiger charge is -2.14. The lowest BCUT2D eigenvalue weighted by Crippen LogP contribution is -1.94. The van der Waals surface area contributed by atoms with Gasteiger partial charge in [-0.3, -0.25) is 4.99 Å². The fraction of sp³-hybridized carbons (Fsp3) is 0.0233. The molecule has 0 radical (unpaired) electrons. The highest BCUT2D eigenvalue weighted by Gasteiger charge is 2.19. The van der Waals surface area contributed by atoms with Crippen LogP contribution in [0.1, 0.15) is 23.6 Å². The molecule has 3 heteroatoms. The molecule has 8 aromatic carbocycles. The van der Waals surface area contributed by atoms with Crippen LogP contribution in [0.5, 0.6) is 0 Å². The summed E-state index contributed by atoms with van der Waals surface area (Å²) in [6.45, 7) is 6.12. The zero-order chi connectivity index (χ0) is 30.9. The van der Waals surface area contributed by atoms with Gasteiger partial charge in [0.15, 0.2) is 0 Å². The molecule has 3 nitrogen and oxygen atoms in total. The molecule has 46 heavy (non-hydrogen) atoms. The van der Waals surface area contributed by atoms with Gasteiger partial charge in [-0.1, -0.05) is 91.0 Å². The Bertz CT molecular complexity index is 2750. The average Bonchev–Trinajstić information content (AvgIpc) is 3.44. The van der Waals surface area contributed by atoms with Gasteiger partial charge >= 0.3 is 0 Å². The normalized spacial score (nSPS) is 12.8. The van der Waals surface area contributed by atoms with E-state index < -0.39 is 0 Å². The summed E-state index contributed by atoms with van der Waals surface area (Å²) in [5, 5.41) is 22.0. The van der Waals surface area contributed by atoms with Gasteiger partial charge in [0.2, 0.25) is 0 Å². The Hall–Kier alpha value is -6.24. The quantitative estimate of drug-likeness (QED) is 0.113. The van der Waals surface area contributed by atoms with Gasteiger partial charge in [-0.2, -0.15) is 5.26 Å². The number of allylic oxidation sites excluding steroid dienone is 3. The molecule has 0 aliphatic heterocycles. The van der Waals surface area contributed by atoms with Crippen LogP contribution in [-0.4, -0.2) is 11.3 Å². The van der Waals surface area contributed by atoms with Gasteiger partial charge in [0.05, 0.1) is 28.4 Å². The Balaban J connectivity index is 1.23. The molecule has 214 valence electrons. The molecule has 9 aromatic rings. The average molecular weight is 586 g/mol. The molecule has 1 heterocycles. The van der Waals surface area contributed by atoms with Crippen molar-refractivity contribution in [2.75, 3.05) is 0 Å². The number of para-hydroxylation sites is 1. The summed E-state index contributed by atoms with van der Waals surface area (Å²) in [7, 11) is 0. The summed E-state index contributed by atoms with van der Waals surface area (Å²) in [5.41, 5.74) is 8.07. The van der Waals surface area contributed by atoms with Crippen LogP contribution in [0.3, 0.4) is 0 Å². The van der Waals surface area contributed by atoms with E-state index >= 15 is 0 Å². The van der Waals surface area contributed by atoms with Crippen molar-refractivity contribution >= 4 is 82.9 Å². The molecule has 0 atom stereocenters. The lowest BCUT2D eigenvalue weighted by atomic mass is 9.91. The lowest BCUT2D eigenvalue weighted by molar-refractivity contribution is 1.18. The van der Waals surface area contributed by atoms with Crippen molar-refractivity contribution in [3.63, 3.8) is 0 Å². The Kier molecular flexibility index (Phi) is 5.63. The number of hydrogen-bond acceptors (Lipinski definition) is 2. The van der Waals surface area contributed by atoms with Crippen LogP contribution in [0, 0.1) is 11.3 Å². The summed E-state index contributed by atoms with van der Waals surface area (Å²) in [5.74, 6) is 0. The van der Waals surface area contributed by atoms with Gasteiger partial charge in [0.1, 0.15) is 0 Å². The number of aromatic nitrogens is 1. The zero-order valence-electron chi connectivity index (χ0n) is 25.3. The van der Waals surface area contributed by atoms with Crippen LogP contribution >= 0.6 is 0 Å². The van der Waals surface area contributed by atoms with Crippen LogP contribution in [0.25, 0.3) is 81.9 Å². The van der Waals surface area contributed by atoms with Crippen molar-refractivity contribution in [1.29, 1.82) is 5.26 Å². The smallest absolute Gasteiger partial charge is 0.0992 e. The maximum absolute atomic E-state index is 9.81. The maximum Gasteiger partial charge on any atom is 0.0992 e. The molecule has 0 aliphatic carbocycles. The largest absolute Gasteiger partial charge is 0.309 e. The first kappa shape index (κ1) is 26.2. The molecular formula is C43H27N3. The number of nitrogens with zero attached hydrogens (tertiary/aromatic N) is 3. The molecule has 9 rings (SSSR count). The van der Waals surface area contributed by atoms with Crippen molar-refractivity contribution in [2.24, 2.45) is 4.99 Å². The van der Waals surface area contributed by atoms with E-state index in [0.717, 1.165) is 44.5 Å². The van der Waals surface area contributed by atoms with Gasteiger partial charge in [0, 0.05) is 22.0 Å². The minimum atomic E-state index is 0.660. The number of aliphatic imine (C=N–C) groups is 1. The van der Waals surface area contributed by atoms with E-state index in [1.165, 1.54) is 48.5 Å². The molecule has 0 unspecified atom stereocenters. The molecule has 0 N–H and O–H groups in total. The third-order valence-electron chi connectivity index (χ3n) is 9.54. The highest BCUT2D eigenvalue weighted by molar-refractivity contribution is 6.26. The molecule has 0 saturated carbocycles. The Morgan fingerprint density at radius 2 is 1.30 bits per heavy atom. The fourth-order valence-corrected chi connectivity index (χ4v) is 7.40. The van der Waals surface area contributed by atoms with Gasteiger partial charge in [-0.05, 0) is 110 Å². The molecule has 0 fully saturated rings. The van der Waals surface area contributed by atoms with Crippen molar-refractivity contribution in [1.82, 2.24) is 4.57 Å². The summed E-state index contributed by atoms with van der Waals surface area (Å²) in [6.07, 6.45) is 4.24. The molecule has 1 aromatic heterocycles. The third kappa shape index (κ3) is 3.74. The van der Waals surface area contributed by atoms with E-state index in [-0.39, 0.29) is 0 Å². The third-order valence-corrected chi connectivity index (χ3v) is 9.54. The summed E-state index contributed by atoms with van der Waals surface area (Å²) < 4.78 is 2.29. The second kappa shape index (κ2) is 9.89. The predicted molar refractivity (Wildman–Crippen MR) is 196 cm³/mol. The van der Waals surface area contributed by atoms with E-state index in [1.807, 2.05) is 18.2 Å². The summed E-state index contributed by atoms with van der Waals surface area (Å²) >= 11 is 0. The molecular weight excluding hydrogens is 558 g/mol. The zero-order valence-corrected chi connectivity index (χ0v) is 25.3. The van der Waals surface area contributed by atoms with E-state index in [0.29, 0.717) is 5.56 Å². The molecule has 0 amide bonds. The van der Waals surface area contributed by atoms with Crippen molar-refractivity contribution in [3.05, 3.63) is 150 Å².